The molecule has 0 radical (unpaired) electrons. The number of nitrogens with two attached hydrogens (primary N) is 1. The molecule has 3 aromatic rings. The van der Waals surface area contributed by atoms with Gasteiger partial charge in [0.05, 0.1) is 11.4 Å². The molecule has 0 aliphatic carbocycles. The fraction of sp³-hybridized carbons (Fsp3) is 0.200. The van der Waals surface area contributed by atoms with Crippen molar-refractivity contribution in [3.8, 4) is 5.75 Å². The second-order valence-corrected chi connectivity index (χ2v) is 6.33. The summed E-state index contributed by atoms with van der Waals surface area (Å²) in [7, 11) is 0. The highest BCUT2D eigenvalue weighted by Gasteiger charge is 2.28. The first-order chi connectivity index (χ1) is 12.8. The van der Waals surface area contributed by atoms with Crippen molar-refractivity contribution in [3.05, 3.63) is 64.9 Å². The number of carbonyl (C=O) groups excluding carboxylic acids is 2. The molecule has 1 heterocycles. The number of nitrogens with zero attached hydrogens (tertiary/aromatic N) is 1. The average Bonchev–Trinajstić information content (AvgIpc) is 2.88. The van der Waals surface area contributed by atoms with Crippen LogP contribution < -0.4 is 5.73 Å². The molecule has 1 aromatic heterocycles. The Labute approximate surface area is 154 Å². The first-order valence-electron chi connectivity index (χ1n) is 8.39. The Hall–Kier alpha value is -3.22. The van der Waals surface area contributed by atoms with Crippen LogP contribution in [-0.2, 0) is 4.79 Å². The molecule has 27 heavy (non-hydrogen) atoms. The molecule has 0 saturated carbocycles. The lowest BCUT2D eigenvalue weighted by atomic mass is 9.93. The van der Waals surface area contributed by atoms with Crippen molar-refractivity contribution in [2.75, 3.05) is 0 Å². The summed E-state index contributed by atoms with van der Waals surface area (Å²) in [5.74, 6) is -3.77. The second kappa shape index (κ2) is 6.83. The summed E-state index contributed by atoms with van der Waals surface area (Å²) in [6.07, 6.45) is 0.373. The van der Waals surface area contributed by atoms with Gasteiger partial charge in [0.25, 0.3) is 5.91 Å². The van der Waals surface area contributed by atoms with Gasteiger partial charge >= 0.3 is 0 Å². The van der Waals surface area contributed by atoms with Crippen LogP contribution in [0.2, 0.25) is 0 Å². The largest absolute Gasteiger partial charge is 0.505 e. The van der Waals surface area contributed by atoms with Crippen LogP contribution in [-0.4, -0.2) is 21.5 Å². The summed E-state index contributed by atoms with van der Waals surface area (Å²) in [6.45, 7) is 3.39. The van der Waals surface area contributed by atoms with Gasteiger partial charge in [-0.25, -0.2) is 8.78 Å². The lowest BCUT2D eigenvalue weighted by Crippen LogP contribution is -2.22. The van der Waals surface area contributed by atoms with Crippen LogP contribution >= 0.6 is 0 Å². The number of phenolic OH excluding ortho intramolecular Hbond substituents is 1. The van der Waals surface area contributed by atoms with E-state index in [9.17, 15) is 23.5 Å². The van der Waals surface area contributed by atoms with Crippen LogP contribution in [0.1, 0.15) is 40.9 Å². The highest BCUT2D eigenvalue weighted by molar-refractivity contribution is 6.05. The number of aromatic hydroxyl groups is 1. The molecule has 0 aliphatic rings. The average molecular weight is 372 g/mol. The topological polar surface area (TPSA) is 85.3 Å². The summed E-state index contributed by atoms with van der Waals surface area (Å²) < 4.78 is 28.4. The fourth-order valence-corrected chi connectivity index (χ4v) is 3.42. The number of phenols is 1. The highest BCUT2D eigenvalue weighted by Crippen LogP contribution is 2.37. The van der Waals surface area contributed by atoms with Crippen molar-refractivity contribution in [1.29, 1.82) is 0 Å². The van der Waals surface area contributed by atoms with Crippen molar-refractivity contribution < 1.29 is 23.5 Å². The number of aromatic nitrogens is 1. The SMILES string of the molecule is CCC(C(N)=O)c1c(C)n(C(=O)c2ccc(F)cc2)c2cc(F)c(O)cc12. The van der Waals surface area contributed by atoms with Gasteiger partial charge in [0, 0.05) is 22.7 Å². The molecule has 0 spiro atoms. The Morgan fingerprint density at radius 3 is 2.37 bits per heavy atom. The van der Waals surface area contributed by atoms with E-state index in [1.54, 1.807) is 13.8 Å². The third-order valence-corrected chi connectivity index (χ3v) is 4.72. The summed E-state index contributed by atoms with van der Waals surface area (Å²) in [4.78, 5) is 24.9. The maximum atomic E-state index is 14.0. The van der Waals surface area contributed by atoms with Crippen LogP contribution in [0.5, 0.6) is 5.75 Å². The van der Waals surface area contributed by atoms with E-state index in [1.165, 1.54) is 22.8 Å². The normalized spacial score (nSPS) is 12.3. The van der Waals surface area contributed by atoms with Gasteiger partial charge in [0.2, 0.25) is 5.91 Å². The Morgan fingerprint density at radius 1 is 1.19 bits per heavy atom. The molecule has 3 N–H and O–H groups in total. The molecule has 0 saturated heterocycles. The number of halogens is 2. The minimum Gasteiger partial charge on any atom is -0.505 e. The quantitative estimate of drug-likeness (QED) is 0.734. The molecule has 3 rings (SSSR count). The van der Waals surface area contributed by atoms with E-state index in [4.69, 9.17) is 5.73 Å². The zero-order valence-corrected chi connectivity index (χ0v) is 14.8. The molecule has 0 bridgehead atoms. The zero-order valence-electron chi connectivity index (χ0n) is 14.8. The Morgan fingerprint density at radius 2 is 1.81 bits per heavy atom. The third-order valence-electron chi connectivity index (χ3n) is 4.72. The zero-order chi connectivity index (χ0) is 19.9. The van der Waals surface area contributed by atoms with Crippen LogP contribution in [0.4, 0.5) is 8.78 Å². The van der Waals surface area contributed by atoms with Gasteiger partial charge in [-0.05, 0) is 49.2 Å². The van der Waals surface area contributed by atoms with Gasteiger partial charge in [-0.2, -0.15) is 0 Å². The van der Waals surface area contributed by atoms with Crippen LogP contribution in [0.3, 0.4) is 0 Å². The molecule has 2 aromatic carbocycles. The predicted molar refractivity (Wildman–Crippen MR) is 96.7 cm³/mol. The fourth-order valence-electron chi connectivity index (χ4n) is 3.42. The minimum absolute atomic E-state index is 0.198. The smallest absolute Gasteiger partial charge is 0.262 e. The molecular weight excluding hydrogens is 354 g/mol. The maximum Gasteiger partial charge on any atom is 0.262 e. The number of fused-ring (bicyclic) bond motifs is 1. The van der Waals surface area contributed by atoms with E-state index in [1.807, 2.05) is 0 Å². The van der Waals surface area contributed by atoms with Gasteiger partial charge in [-0.3, -0.25) is 14.2 Å². The lowest BCUT2D eigenvalue weighted by Gasteiger charge is -2.12. The van der Waals surface area contributed by atoms with Crippen molar-refractivity contribution >= 4 is 22.7 Å². The van der Waals surface area contributed by atoms with E-state index in [-0.39, 0.29) is 11.1 Å². The summed E-state index contributed by atoms with van der Waals surface area (Å²) in [6, 6.07) is 7.18. The number of hydrogen-bond donors (Lipinski definition) is 2. The first kappa shape index (κ1) is 18.6. The number of rotatable bonds is 4. The predicted octanol–water partition coefficient (Wildman–Crippen LogP) is 3.60. The number of amides is 1. The second-order valence-electron chi connectivity index (χ2n) is 6.33. The summed E-state index contributed by atoms with van der Waals surface area (Å²) in [5.41, 5.74) is 6.78. The molecule has 0 aliphatic heterocycles. The van der Waals surface area contributed by atoms with E-state index in [0.717, 1.165) is 18.2 Å². The highest BCUT2D eigenvalue weighted by atomic mass is 19.1. The van der Waals surface area contributed by atoms with Crippen molar-refractivity contribution in [1.82, 2.24) is 4.57 Å². The number of primary amides is 1. The number of hydrogen-bond acceptors (Lipinski definition) is 3. The molecule has 140 valence electrons. The molecule has 0 fully saturated rings. The monoisotopic (exact) mass is 372 g/mol. The van der Waals surface area contributed by atoms with E-state index < -0.39 is 35.1 Å². The van der Waals surface area contributed by atoms with Gasteiger partial charge in [-0.1, -0.05) is 6.92 Å². The van der Waals surface area contributed by atoms with Crippen molar-refractivity contribution in [3.63, 3.8) is 0 Å². The minimum atomic E-state index is -0.896. The van der Waals surface area contributed by atoms with Crippen molar-refractivity contribution in [2.24, 2.45) is 5.73 Å². The molecule has 7 heteroatoms. The van der Waals surface area contributed by atoms with Gasteiger partial charge < -0.3 is 10.8 Å². The molecule has 1 atom stereocenters. The molecule has 1 amide bonds. The Bertz CT molecular complexity index is 1060. The van der Waals surface area contributed by atoms with Crippen LogP contribution in [0.25, 0.3) is 10.9 Å². The Balaban J connectivity index is 2.34. The van der Waals surface area contributed by atoms with E-state index >= 15 is 0 Å². The standard InChI is InChI=1S/C20H18F2N2O3/c1-3-13(19(23)26)18-10(2)24(16-9-15(22)17(25)8-14(16)18)20(27)11-4-6-12(21)7-5-11/h4-9,13,25H,3H2,1-2H3,(H2,23,26). The van der Waals surface area contributed by atoms with E-state index in [2.05, 4.69) is 0 Å². The number of benzene rings is 2. The maximum absolute atomic E-state index is 14.0. The van der Waals surface area contributed by atoms with Gasteiger partial charge in [0.15, 0.2) is 11.6 Å². The first-order valence-corrected chi connectivity index (χ1v) is 8.39. The van der Waals surface area contributed by atoms with Gasteiger partial charge in [0.1, 0.15) is 5.82 Å². The van der Waals surface area contributed by atoms with Crippen LogP contribution in [0, 0.1) is 18.6 Å². The molecule has 1 unspecified atom stereocenters. The van der Waals surface area contributed by atoms with E-state index in [0.29, 0.717) is 23.1 Å². The molecular formula is C20H18F2N2O3. The molecule has 5 nitrogen and oxygen atoms in total. The van der Waals surface area contributed by atoms with Crippen molar-refractivity contribution in [2.45, 2.75) is 26.2 Å². The number of carbonyl (C=O) groups is 2. The summed E-state index contributed by atoms with van der Waals surface area (Å²) >= 11 is 0. The van der Waals surface area contributed by atoms with Crippen LogP contribution in [0.15, 0.2) is 36.4 Å². The Kier molecular flexibility index (Phi) is 4.70. The third kappa shape index (κ3) is 3.05. The summed E-state index contributed by atoms with van der Waals surface area (Å²) in [5, 5.41) is 10.2. The lowest BCUT2D eigenvalue weighted by molar-refractivity contribution is -0.119. The van der Waals surface area contributed by atoms with Gasteiger partial charge in [-0.15, -0.1) is 0 Å².